The van der Waals surface area contributed by atoms with Crippen LogP contribution in [0.5, 0.6) is 17.2 Å². The van der Waals surface area contributed by atoms with Gasteiger partial charge in [0.1, 0.15) is 52.0 Å². The summed E-state index contributed by atoms with van der Waals surface area (Å²) in [5.74, 6) is -0.794. The summed E-state index contributed by atoms with van der Waals surface area (Å²) in [4.78, 5) is 0. The number of fused-ring (bicyclic) bond motifs is 3. The van der Waals surface area contributed by atoms with Crippen molar-refractivity contribution >= 4 is 61.9 Å². The fourth-order valence-corrected chi connectivity index (χ4v) is 3.10. The van der Waals surface area contributed by atoms with Gasteiger partial charge in [0.05, 0.1) is 0 Å². The van der Waals surface area contributed by atoms with Gasteiger partial charge in [-0.3, -0.25) is 0 Å². The molecule has 4 rings (SSSR count). The van der Waals surface area contributed by atoms with Crippen molar-refractivity contribution in [2.75, 3.05) is 0 Å². The lowest BCUT2D eigenvalue weighted by molar-refractivity contribution is 0.464. The van der Waals surface area contributed by atoms with Crippen LogP contribution in [-0.4, -0.2) is 38.9 Å². The van der Waals surface area contributed by atoms with Crippen molar-refractivity contribution < 1.29 is 19.7 Å². The van der Waals surface area contributed by atoms with E-state index in [-0.39, 0.29) is 27.7 Å². The molecule has 0 saturated heterocycles. The highest BCUT2D eigenvalue weighted by Gasteiger charge is 2.20. The van der Waals surface area contributed by atoms with Crippen molar-refractivity contribution in [2.24, 2.45) is 0 Å². The Kier molecular flexibility index (Phi) is 3.29. The molecule has 0 aliphatic carbocycles. The van der Waals surface area contributed by atoms with Crippen LogP contribution >= 0.6 is 0 Å². The van der Waals surface area contributed by atoms with E-state index < -0.39 is 11.5 Å². The van der Waals surface area contributed by atoms with Gasteiger partial charge in [-0.1, -0.05) is 12.1 Å². The number of hydrogen-bond donors (Lipinski definition) is 3. The monoisotopic (exact) mass is 322 g/mol. The van der Waals surface area contributed by atoms with E-state index >= 15 is 0 Å². The van der Waals surface area contributed by atoms with Crippen LogP contribution in [0.2, 0.25) is 0 Å². The van der Waals surface area contributed by atoms with Crippen molar-refractivity contribution in [3.8, 4) is 28.4 Å². The Morgan fingerprint density at radius 1 is 0.760 bits per heavy atom. The zero-order valence-corrected chi connectivity index (χ0v) is 12.9. The van der Waals surface area contributed by atoms with Crippen molar-refractivity contribution in [2.45, 2.75) is 0 Å². The average Bonchev–Trinajstić information content (AvgIpc) is 2.97. The summed E-state index contributed by atoms with van der Waals surface area (Å²) in [6.45, 7) is 0. The SMILES string of the molecule is [B]c1c(O)c([B])c(-c2cccc3oc4ccc(O)cc4c23)c([B])c1O. The second-order valence-electron chi connectivity index (χ2n) is 5.77. The Balaban J connectivity index is 2.20. The van der Waals surface area contributed by atoms with Crippen molar-refractivity contribution in [3.63, 3.8) is 0 Å². The molecule has 3 aromatic carbocycles. The minimum absolute atomic E-state index is 0.0465. The highest BCUT2D eigenvalue weighted by Crippen LogP contribution is 2.37. The quantitative estimate of drug-likeness (QED) is 0.452. The number of rotatable bonds is 1. The number of phenols is 3. The molecule has 0 amide bonds. The molecule has 4 aromatic rings. The second kappa shape index (κ2) is 5.28. The van der Waals surface area contributed by atoms with E-state index in [1.807, 2.05) is 0 Å². The largest absolute Gasteiger partial charge is 0.509 e. The Labute approximate surface area is 146 Å². The highest BCUT2D eigenvalue weighted by molar-refractivity contribution is 6.52. The van der Waals surface area contributed by atoms with Gasteiger partial charge in [-0.25, -0.2) is 0 Å². The topological polar surface area (TPSA) is 73.8 Å². The van der Waals surface area contributed by atoms with Gasteiger partial charge in [0.15, 0.2) is 0 Å². The molecule has 0 atom stereocenters. The molecular weight excluding hydrogens is 313 g/mol. The molecule has 3 N–H and O–H groups in total. The molecule has 0 saturated carbocycles. The molecule has 25 heavy (non-hydrogen) atoms. The van der Waals surface area contributed by atoms with Crippen LogP contribution in [0.3, 0.4) is 0 Å². The van der Waals surface area contributed by atoms with Crippen LogP contribution in [0.15, 0.2) is 40.8 Å². The van der Waals surface area contributed by atoms with Gasteiger partial charge in [-0.15, -0.1) is 0 Å². The Morgan fingerprint density at radius 3 is 2.12 bits per heavy atom. The zero-order valence-electron chi connectivity index (χ0n) is 12.9. The van der Waals surface area contributed by atoms with Crippen LogP contribution in [0.25, 0.3) is 33.1 Å². The standard InChI is InChI=1S/C18H9B3O4/c19-14-13(15(20)18(24)16(21)17(14)23)8-2-1-3-11-12(8)9-6-7(22)4-5-10(9)25-11/h1-6,22-24H. The first-order chi connectivity index (χ1) is 11.9. The fraction of sp³-hybridized carbons (Fsp3) is 0. The van der Waals surface area contributed by atoms with Gasteiger partial charge in [-0.05, 0) is 51.8 Å². The number of benzene rings is 3. The Hall–Kier alpha value is -2.95. The molecule has 0 aliphatic rings. The maximum absolute atomic E-state index is 10.1. The summed E-state index contributed by atoms with van der Waals surface area (Å²) in [7, 11) is 17.7. The predicted octanol–water partition coefficient (Wildman–Crippen LogP) is 0.751. The van der Waals surface area contributed by atoms with E-state index in [1.54, 1.807) is 30.3 Å². The first kappa shape index (κ1) is 15.6. The van der Waals surface area contributed by atoms with Gasteiger partial charge >= 0.3 is 0 Å². The third-order valence-corrected chi connectivity index (χ3v) is 4.31. The number of furan rings is 1. The van der Waals surface area contributed by atoms with Crippen LogP contribution in [0.4, 0.5) is 0 Å². The summed E-state index contributed by atoms with van der Waals surface area (Å²) in [5, 5.41) is 31.3. The van der Waals surface area contributed by atoms with Crippen molar-refractivity contribution in [3.05, 3.63) is 36.4 Å². The second-order valence-corrected chi connectivity index (χ2v) is 5.77. The van der Waals surface area contributed by atoms with Gasteiger partial charge in [0.25, 0.3) is 0 Å². The maximum atomic E-state index is 10.1. The maximum Gasteiger partial charge on any atom is 0.136 e. The van der Waals surface area contributed by atoms with E-state index in [1.165, 1.54) is 6.07 Å². The summed E-state index contributed by atoms with van der Waals surface area (Å²) < 4.78 is 5.79. The van der Waals surface area contributed by atoms with E-state index in [4.69, 9.17) is 28.0 Å². The molecule has 0 fully saturated rings. The van der Waals surface area contributed by atoms with Gasteiger partial charge in [0, 0.05) is 10.8 Å². The molecule has 1 aromatic heterocycles. The molecule has 1 heterocycles. The van der Waals surface area contributed by atoms with Crippen molar-refractivity contribution in [1.29, 1.82) is 0 Å². The lowest BCUT2D eigenvalue weighted by Gasteiger charge is -2.18. The molecule has 4 nitrogen and oxygen atoms in total. The summed E-state index contributed by atoms with van der Waals surface area (Å²) in [6.07, 6.45) is 0. The fourth-order valence-electron chi connectivity index (χ4n) is 3.10. The van der Waals surface area contributed by atoms with Crippen molar-refractivity contribution in [1.82, 2.24) is 0 Å². The van der Waals surface area contributed by atoms with Crippen LogP contribution in [0, 0.1) is 0 Å². The zero-order chi connectivity index (χ0) is 17.9. The van der Waals surface area contributed by atoms with E-state index in [0.29, 0.717) is 27.5 Å². The summed E-state index contributed by atoms with van der Waals surface area (Å²) in [5.41, 5.74) is 1.54. The lowest BCUT2D eigenvalue weighted by atomic mass is 9.72. The first-order valence-corrected chi connectivity index (χ1v) is 7.43. The van der Waals surface area contributed by atoms with Gasteiger partial charge in [0.2, 0.25) is 0 Å². The smallest absolute Gasteiger partial charge is 0.136 e. The molecule has 0 spiro atoms. The number of phenolic OH excluding ortho intramolecular Hbond substituents is 3. The van der Waals surface area contributed by atoms with Gasteiger partial charge < -0.3 is 19.7 Å². The minimum Gasteiger partial charge on any atom is -0.509 e. The molecule has 7 heteroatoms. The Bertz CT molecular complexity index is 1140. The molecule has 0 aliphatic heterocycles. The normalized spacial score (nSPS) is 11.4. The molecule has 114 valence electrons. The summed E-state index contributed by atoms with van der Waals surface area (Å²) in [6, 6.07) is 9.97. The molecule has 6 radical (unpaired) electrons. The molecule has 0 unspecified atom stereocenters. The van der Waals surface area contributed by atoms with E-state index in [0.717, 1.165) is 0 Å². The van der Waals surface area contributed by atoms with Crippen LogP contribution in [-0.2, 0) is 0 Å². The number of aromatic hydroxyl groups is 3. The Morgan fingerprint density at radius 2 is 1.44 bits per heavy atom. The van der Waals surface area contributed by atoms with E-state index in [9.17, 15) is 15.3 Å². The van der Waals surface area contributed by atoms with E-state index in [2.05, 4.69) is 0 Å². The van der Waals surface area contributed by atoms with Crippen LogP contribution < -0.4 is 16.4 Å². The lowest BCUT2D eigenvalue weighted by Crippen LogP contribution is -2.28. The molecule has 0 bridgehead atoms. The number of hydrogen-bond acceptors (Lipinski definition) is 4. The highest BCUT2D eigenvalue weighted by atomic mass is 16.3. The van der Waals surface area contributed by atoms with Crippen LogP contribution in [0.1, 0.15) is 0 Å². The van der Waals surface area contributed by atoms with Gasteiger partial charge in [-0.2, -0.15) is 0 Å². The third-order valence-electron chi connectivity index (χ3n) is 4.31. The molecular formula is C18H9B3O4. The summed E-state index contributed by atoms with van der Waals surface area (Å²) >= 11 is 0. The third kappa shape index (κ3) is 2.12. The predicted molar refractivity (Wildman–Crippen MR) is 100 cm³/mol. The first-order valence-electron chi connectivity index (χ1n) is 7.43. The minimum atomic E-state index is -0.436. The average molecular weight is 322 g/mol.